The molecule has 1 unspecified atom stereocenters. The molecule has 1 aromatic carbocycles. The molecule has 6 rings (SSSR count). The highest BCUT2D eigenvalue weighted by molar-refractivity contribution is 7.90. The minimum atomic E-state index is -1.22. The molecule has 3 aliphatic rings. The van der Waals surface area contributed by atoms with Crippen LogP contribution in [0.2, 0.25) is 0 Å². The first-order valence-electron chi connectivity index (χ1n) is 14.0. The van der Waals surface area contributed by atoms with Gasteiger partial charge in [-0.15, -0.1) is 4.72 Å². The van der Waals surface area contributed by atoms with E-state index in [1.54, 1.807) is 21.8 Å². The molecule has 1 spiro atoms. The van der Waals surface area contributed by atoms with Crippen molar-refractivity contribution in [2.24, 2.45) is 5.41 Å². The Labute approximate surface area is 243 Å². The number of carbonyl (C=O) groups excluding carboxylic acids is 1. The maximum Gasteiger partial charge on any atom is 0.281 e. The van der Waals surface area contributed by atoms with Crippen LogP contribution in [0.4, 0.5) is 17.5 Å². The van der Waals surface area contributed by atoms with E-state index < -0.39 is 11.4 Å². The number of piperidine rings is 1. The minimum Gasteiger partial charge on any atom is -0.598 e. The average molecular weight is 574 g/mol. The van der Waals surface area contributed by atoms with Crippen molar-refractivity contribution in [1.29, 1.82) is 5.26 Å². The van der Waals surface area contributed by atoms with E-state index in [1.165, 1.54) is 11.1 Å². The van der Waals surface area contributed by atoms with E-state index in [0.717, 1.165) is 32.2 Å². The molecule has 3 aromatic rings. The largest absolute Gasteiger partial charge is 0.598 e. The Morgan fingerprint density at radius 3 is 2.66 bits per heavy atom. The summed E-state index contributed by atoms with van der Waals surface area (Å²) >= 11 is -1.22. The van der Waals surface area contributed by atoms with Gasteiger partial charge in [-0.05, 0) is 57.6 Å². The Balaban J connectivity index is 1.24. The van der Waals surface area contributed by atoms with E-state index in [2.05, 4.69) is 44.1 Å². The second-order valence-electron chi connectivity index (χ2n) is 12.1. The van der Waals surface area contributed by atoms with Gasteiger partial charge in [0.15, 0.2) is 23.0 Å². The van der Waals surface area contributed by atoms with Gasteiger partial charge in [0, 0.05) is 49.0 Å². The molecule has 1 amide bonds. The van der Waals surface area contributed by atoms with Crippen molar-refractivity contribution >= 4 is 34.7 Å². The zero-order valence-corrected chi connectivity index (χ0v) is 24.4. The minimum absolute atomic E-state index is 0.00862. The summed E-state index contributed by atoms with van der Waals surface area (Å²) in [5, 5.41) is 14.3. The van der Waals surface area contributed by atoms with Gasteiger partial charge in [-0.3, -0.25) is 9.69 Å². The maximum atomic E-state index is 13.5. The fourth-order valence-electron chi connectivity index (χ4n) is 6.34. The summed E-state index contributed by atoms with van der Waals surface area (Å²) in [7, 11) is 0. The highest BCUT2D eigenvalue weighted by Gasteiger charge is 2.50. The molecular formula is C29H35N9O2S. The van der Waals surface area contributed by atoms with Crippen LogP contribution in [0.1, 0.15) is 73.4 Å². The Morgan fingerprint density at radius 1 is 1.17 bits per heavy atom. The van der Waals surface area contributed by atoms with Gasteiger partial charge >= 0.3 is 0 Å². The highest BCUT2D eigenvalue weighted by Crippen LogP contribution is 2.53. The van der Waals surface area contributed by atoms with Crippen LogP contribution < -0.4 is 20.3 Å². The first-order chi connectivity index (χ1) is 19.6. The summed E-state index contributed by atoms with van der Waals surface area (Å²) in [5.41, 5.74) is 8.77. The molecule has 214 valence electrons. The number of aryl methyl sites for hydroxylation is 1. The third-order valence-electron chi connectivity index (χ3n) is 8.54. The summed E-state index contributed by atoms with van der Waals surface area (Å²) in [6.07, 6.45) is 4.94. The number of carbonyl (C=O) groups is 1. The molecule has 0 radical (unpaired) electrons. The lowest BCUT2D eigenvalue weighted by Gasteiger charge is -2.44. The summed E-state index contributed by atoms with van der Waals surface area (Å²) in [5.74, 6) is 0.703. The van der Waals surface area contributed by atoms with Crippen LogP contribution in [0.25, 0.3) is 0 Å². The van der Waals surface area contributed by atoms with Crippen molar-refractivity contribution in [1.82, 2.24) is 24.5 Å². The number of nitrogens with one attached hydrogen (secondary N) is 1. The van der Waals surface area contributed by atoms with Gasteiger partial charge < -0.3 is 15.2 Å². The number of nitrogens with zero attached hydrogens (tertiary/aromatic N) is 7. The molecule has 1 fully saturated rings. The van der Waals surface area contributed by atoms with Crippen LogP contribution in [-0.2, 0) is 24.3 Å². The third kappa shape index (κ3) is 4.81. The number of hydrogen-bond acceptors (Lipinski definition) is 9. The molecule has 1 saturated heterocycles. The molecule has 41 heavy (non-hydrogen) atoms. The van der Waals surface area contributed by atoms with Gasteiger partial charge in [-0.2, -0.15) is 10.4 Å². The Kier molecular flexibility index (Phi) is 6.92. The number of rotatable bonds is 4. The number of aromatic nitrogens is 4. The van der Waals surface area contributed by atoms with Crippen LogP contribution in [0.5, 0.6) is 0 Å². The summed E-state index contributed by atoms with van der Waals surface area (Å²) in [4.78, 5) is 26.1. The number of fused-ring (bicyclic) bond motifs is 2. The average Bonchev–Trinajstić information content (AvgIpc) is 3.55. The molecule has 3 N–H and O–H groups in total. The van der Waals surface area contributed by atoms with E-state index >= 15 is 0 Å². The van der Waals surface area contributed by atoms with Gasteiger partial charge in [-0.1, -0.05) is 24.3 Å². The van der Waals surface area contributed by atoms with Gasteiger partial charge in [0.05, 0.1) is 12.2 Å². The smallest absolute Gasteiger partial charge is 0.281 e. The number of nitrogens with two attached hydrogens (primary N) is 1. The molecule has 2 aliphatic heterocycles. The number of hydrogen-bond donors (Lipinski definition) is 2. The molecule has 2 aromatic heterocycles. The van der Waals surface area contributed by atoms with Crippen LogP contribution in [-0.4, -0.2) is 54.6 Å². The van der Waals surface area contributed by atoms with E-state index in [0.29, 0.717) is 31.3 Å². The van der Waals surface area contributed by atoms with Gasteiger partial charge in [0.1, 0.15) is 16.6 Å². The molecule has 1 aliphatic carbocycles. The van der Waals surface area contributed by atoms with Crippen molar-refractivity contribution in [3.63, 3.8) is 0 Å². The number of anilines is 3. The lowest BCUT2D eigenvalue weighted by Crippen LogP contribution is -2.50. The molecule has 12 heteroatoms. The second-order valence-corrected chi connectivity index (χ2v) is 14.1. The molecule has 0 saturated carbocycles. The lowest BCUT2D eigenvalue weighted by atomic mass is 9.73. The van der Waals surface area contributed by atoms with Gasteiger partial charge in [0.2, 0.25) is 0 Å². The first kappa shape index (κ1) is 27.5. The zero-order valence-electron chi connectivity index (χ0n) is 23.6. The SMILES string of the molecule is CC(C)(C)[S@@+]([O-])NC1c2ccccc2CC12CCN(c1nc(N)c(C(=O)N3CCCn4nccc43)nc1C#N)CC2. The Bertz CT molecular complexity index is 1520. The fraction of sp³-hybridized carbons (Fsp3) is 0.483. The van der Waals surface area contributed by atoms with Gasteiger partial charge in [0.25, 0.3) is 5.91 Å². The number of benzene rings is 1. The van der Waals surface area contributed by atoms with Gasteiger partial charge in [-0.25, -0.2) is 14.6 Å². The quantitative estimate of drug-likeness (QED) is 0.448. The predicted molar refractivity (Wildman–Crippen MR) is 157 cm³/mol. The van der Waals surface area contributed by atoms with Crippen molar-refractivity contribution in [3.05, 3.63) is 59.0 Å². The number of nitrogen functional groups attached to an aromatic ring is 1. The molecule has 4 heterocycles. The first-order valence-corrected chi connectivity index (χ1v) is 15.2. The highest BCUT2D eigenvalue weighted by atomic mass is 32.2. The van der Waals surface area contributed by atoms with Crippen LogP contribution in [0.15, 0.2) is 36.5 Å². The van der Waals surface area contributed by atoms with Crippen LogP contribution in [0.3, 0.4) is 0 Å². The molecular weight excluding hydrogens is 538 g/mol. The van der Waals surface area contributed by atoms with Crippen LogP contribution in [0, 0.1) is 16.7 Å². The van der Waals surface area contributed by atoms with Crippen molar-refractivity contribution in [2.45, 2.75) is 63.8 Å². The van der Waals surface area contributed by atoms with Crippen molar-refractivity contribution in [3.8, 4) is 6.07 Å². The van der Waals surface area contributed by atoms with E-state index in [1.807, 2.05) is 31.7 Å². The normalized spacial score (nSPS) is 20.4. The maximum absolute atomic E-state index is 13.5. The molecule has 2 atom stereocenters. The number of amides is 1. The van der Waals surface area contributed by atoms with E-state index in [4.69, 9.17) is 5.73 Å². The van der Waals surface area contributed by atoms with E-state index in [9.17, 15) is 14.6 Å². The standard InChI is InChI=1S/C29H35N9O2S/c1-28(2,3)41(40)35-24-20-8-5-4-7-19(20)17-29(24)10-15-36(16-11-29)26-21(18-30)33-23(25(31)34-26)27(39)37-13-6-14-38-22(37)9-12-32-38/h4-5,7-9,12,24,35H,6,10-11,13-17H2,1-3H3,(H2,31,34)/t24?,41-/m1/s1. The third-order valence-corrected chi connectivity index (χ3v) is 10.1. The Hall–Kier alpha value is -3.66. The summed E-state index contributed by atoms with van der Waals surface area (Å²) < 4.78 is 18.1. The van der Waals surface area contributed by atoms with Crippen molar-refractivity contribution in [2.75, 3.05) is 35.2 Å². The zero-order chi connectivity index (χ0) is 28.9. The van der Waals surface area contributed by atoms with E-state index in [-0.39, 0.29) is 39.3 Å². The Morgan fingerprint density at radius 2 is 1.93 bits per heavy atom. The predicted octanol–water partition coefficient (Wildman–Crippen LogP) is 3.11. The molecule has 11 nitrogen and oxygen atoms in total. The summed E-state index contributed by atoms with van der Waals surface area (Å²) in [6.45, 7) is 8.46. The lowest BCUT2D eigenvalue weighted by molar-refractivity contribution is 0.0977. The topological polar surface area (TPSA) is 152 Å². The van der Waals surface area contributed by atoms with Crippen LogP contribution >= 0.6 is 0 Å². The fourth-order valence-corrected chi connectivity index (χ4v) is 7.28. The monoisotopic (exact) mass is 573 g/mol. The molecule has 0 bridgehead atoms. The second kappa shape index (κ2) is 10.3. The van der Waals surface area contributed by atoms with Crippen molar-refractivity contribution < 1.29 is 9.35 Å². The number of nitriles is 1. The summed E-state index contributed by atoms with van der Waals surface area (Å²) in [6, 6.07) is 12.3.